The number of anilines is 1. The molecule has 5 nitrogen and oxygen atoms in total. The molecule has 1 unspecified atom stereocenters. The first-order valence-corrected chi connectivity index (χ1v) is 8.89. The number of aromatic hydroxyl groups is 1. The molecule has 1 saturated heterocycles. The zero-order valence-corrected chi connectivity index (χ0v) is 15.1. The zero-order chi connectivity index (χ0) is 20.5. The van der Waals surface area contributed by atoms with Gasteiger partial charge in [0.1, 0.15) is 17.3 Å². The van der Waals surface area contributed by atoms with Crippen LogP contribution in [0.1, 0.15) is 17.2 Å². The monoisotopic (exact) mass is 389 g/mol. The molecular formula is C23H16FNO4. The van der Waals surface area contributed by atoms with Crippen LogP contribution in [-0.4, -0.2) is 21.9 Å². The van der Waals surface area contributed by atoms with E-state index in [0.29, 0.717) is 11.1 Å². The Morgan fingerprint density at radius 2 is 1.48 bits per heavy atom. The fourth-order valence-corrected chi connectivity index (χ4v) is 3.46. The van der Waals surface area contributed by atoms with Crippen molar-refractivity contribution >= 4 is 23.1 Å². The number of carbonyl (C=O) groups is 2. The second kappa shape index (κ2) is 7.24. The normalized spacial score (nSPS) is 18.2. The number of phenolic OH excluding ortho intramolecular Hbond substituents is 1. The molecule has 1 atom stereocenters. The highest BCUT2D eigenvalue weighted by molar-refractivity contribution is 6.51. The van der Waals surface area contributed by atoms with Crippen molar-refractivity contribution in [3.63, 3.8) is 0 Å². The lowest BCUT2D eigenvalue weighted by Crippen LogP contribution is -2.29. The summed E-state index contributed by atoms with van der Waals surface area (Å²) in [5.41, 5.74) is 0.785. The highest BCUT2D eigenvalue weighted by Gasteiger charge is 2.47. The van der Waals surface area contributed by atoms with Crippen LogP contribution in [0.3, 0.4) is 0 Å². The largest absolute Gasteiger partial charge is 0.507 e. The molecule has 3 aromatic rings. The Balaban J connectivity index is 1.97. The molecule has 0 spiro atoms. The van der Waals surface area contributed by atoms with E-state index in [1.165, 1.54) is 36.4 Å². The van der Waals surface area contributed by atoms with Gasteiger partial charge in [-0.05, 0) is 29.8 Å². The lowest BCUT2D eigenvalue weighted by molar-refractivity contribution is -0.132. The van der Waals surface area contributed by atoms with E-state index < -0.39 is 23.5 Å². The predicted octanol–water partition coefficient (Wildman–Crippen LogP) is 4.16. The maximum absolute atomic E-state index is 13.5. The number of hydrogen-bond acceptors (Lipinski definition) is 4. The van der Waals surface area contributed by atoms with Crippen molar-refractivity contribution in [3.05, 3.63) is 101 Å². The number of rotatable bonds is 3. The molecular weight excluding hydrogens is 373 g/mol. The molecule has 0 aromatic heterocycles. The van der Waals surface area contributed by atoms with Crippen LogP contribution in [0, 0.1) is 5.82 Å². The topological polar surface area (TPSA) is 77.8 Å². The van der Waals surface area contributed by atoms with Gasteiger partial charge in [-0.15, -0.1) is 0 Å². The number of aliphatic hydroxyl groups excluding tert-OH is 1. The number of para-hydroxylation sites is 2. The summed E-state index contributed by atoms with van der Waals surface area (Å²) in [6.07, 6.45) is 0. The van der Waals surface area contributed by atoms with Gasteiger partial charge in [0.2, 0.25) is 0 Å². The van der Waals surface area contributed by atoms with E-state index in [-0.39, 0.29) is 22.8 Å². The Bertz CT molecular complexity index is 1120. The highest BCUT2D eigenvalue weighted by Crippen LogP contribution is 2.44. The molecule has 0 radical (unpaired) electrons. The van der Waals surface area contributed by atoms with Crippen molar-refractivity contribution in [2.24, 2.45) is 0 Å². The zero-order valence-electron chi connectivity index (χ0n) is 15.1. The van der Waals surface area contributed by atoms with Crippen LogP contribution in [0.25, 0.3) is 5.76 Å². The lowest BCUT2D eigenvalue weighted by atomic mass is 9.95. The van der Waals surface area contributed by atoms with E-state index in [4.69, 9.17) is 0 Å². The fourth-order valence-electron chi connectivity index (χ4n) is 3.46. The molecule has 1 fully saturated rings. The number of Topliss-reactive ketones (excluding diaryl/α,β-unsaturated/α-hetero) is 1. The first kappa shape index (κ1) is 18.4. The SMILES string of the molecule is O=C1C(=O)N(c2ccccc2O)C(c2ccc(F)cc2)/C1=C(\O)c1ccccc1. The molecule has 144 valence electrons. The van der Waals surface area contributed by atoms with E-state index in [1.807, 2.05) is 0 Å². The van der Waals surface area contributed by atoms with Crippen molar-refractivity contribution < 1.29 is 24.2 Å². The Labute approximate surface area is 166 Å². The van der Waals surface area contributed by atoms with Crippen LogP contribution in [0.5, 0.6) is 5.75 Å². The number of aliphatic hydroxyl groups is 1. The minimum atomic E-state index is -1.02. The van der Waals surface area contributed by atoms with E-state index in [9.17, 15) is 24.2 Å². The summed E-state index contributed by atoms with van der Waals surface area (Å²) >= 11 is 0. The summed E-state index contributed by atoms with van der Waals surface area (Å²) in [4.78, 5) is 26.9. The summed E-state index contributed by atoms with van der Waals surface area (Å²) in [6.45, 7) is 0. The Kier molecular flexibility index (Phi) is 4.60. The minimum absolute atomic E-state index is 0.121. The van der Waals surface area contributed by atoms with Gasteiger partial charge in [-0.25, -0.2) is 4.39 Å². The van der Waals surface area contributed by atoms with Gasteiger partial charge in [0, 0.05) is 5.56 Å². The first-order valence-electron chi connectivity index (χ1n) is 8.89. The minimum Gasteiger partial charge on any atom is -0.507 e. The van der Waals surface area contributed by atoms with Crippen LogP contribution in [0.4, 0.5) is 10.1 Å². The molecule has 1 heterocycles. The van der Waals surface area contributed by atoms with Gasteiger partial charge in [0.15, 0.2) is 0 Å². The van der Waals surface area contributed by atoms with Gasteiger partial charge in [-0.1, -0.05) is 54.6 Å². The van der Waals surface area contributed by atoms with Crippen LogP contribution in [-0.2, 0) is 9.59 Å². The second-order valence-corrected chi connectivity index (χ2v) is 6.58. The number of nitrogens with zero attached hydrogens (tertiary/aromatic N) is 1. The average Bonchev–Trinajstić information content (AvgIpc) is 3.00. The van der Waals surface area contributed by atoms with Crippen LogP contribution in [0.2, 0.25) is 0 Å². The maximum atomic E-state index is 13.5. The summed E-state index contributed by atoms with van der Waals surface area (Å²) in [5, 5.41) is 21.2. The molecule has 0 aliphatic carbocycles. The lowest BCUT2D eigenvalue weighted by Gasteiger charge is -2.26. The van der Waals surface area contributed by atoms with Gasteiger partial charge in [-0.2, -0.15) is 0 Å². The number of hydrogen-bond donors (Lipinski definition) is 2. The summed E-state index contributed by atoms with van der Waals surface area (Å²) in [7, 11) is 0. The summed E-state index contributed by atoms with van der Waals surface area (Å²) < 4.78 is 13.5. The van der Waals surface area contributed by atoms with Crippen molar-refractivity contribution in [3.8, 4) is 5.75 Å². The van der Waals surface area contributed by atoms with Gasteiger partial charge in [-0.3, -0.25) is 14.5 Å². The van der Waals surface area contributed by atoms with Gasteiger partial charge < -0.3 is 10.2 Å². The van der Waals surface area contributed by atoms with Crippen molar-refractivity contribution in [1.82, 2.24) is 0 Å². The van der Waals surface area contributed by atoms with Crippen molar-refractivity contribution in [2.75, 3.05) is 4.90 Å². The highest BCUT2D eigenvalue weighted by atomic mass is 19.1. The molecule has 0 bridgehead atoms. The number of carbonyl (C=O) groups excluding carboxylic acids is 2. The van der Waals surface area contributed by atoms with Crippen LogP contribution < -0.4 is 4.90 Å². The Hall–Kier alpha value is -3.93. The third-order valence-electron chi connectivity index (χ3n) is 4.82. The van der Waals surface area contributed by atoms with Gasteiger partial charge >= 0.3 is 0 Å². The maximum Gasteiger partial charge on any atom is 0.300 e. The molecule has 1 aliphatic heterocycles. The van der Waals surface area contributed by atoms with E-state index in [1.54, 1.807) is 42.5 Å². The third kappa shape index (κ3) is 3.14. The number of amides is 1. The average molecular weight is 389 g/mol. The number of halogens is 1. The summed E-state index contributed by atoms with van der Waals surface area (Å²) in [5.74, 6) is -2.78. The second-order valence-electron chi connectivity index (χ2n) is 6.58. The Morgan fingerprint density at radius 1 is 0.862 bits per heavy atom. The third-order valence-corrected chi connectivity index (χ3v) is 4.82. The van der Waals surface area contributed by atoms with E-state index in [0.717, 1.165) is 4.90 Å². The summed E-state index contributed by atoms with van der Waals surface area (Å²) in [6, 6.07) is 18.8. The molecule has 6 heteroatoms. The van der Waals surface area contributed by atoms with Gasteiger partial charge in [0.05, 0.1) is 17.3 Å². The standard InChI is InChI=1S/C23H16FNO4/c24-16-12-10-14(11-13-16)20-19(21(27)15-6-2-1-3-7-15)22(28)23(29)25(20)17-8-4-5-9-18(17)26/h1-13,20,26-27H/b21-19+. The quantitative estimate of drug-likeness (QED) is 0.401. The fraction of sp³-hybridized carbons (Fsp3) is 0.0435. The van der Waals surface area contributed by atoms with Crippen molar-refractivity contribution in [1.29, 1.82) is 0 Å². The Morgan fingerprint density at radius 3 is 2.14 bits per heavy atom. The molecule has 0 saturated carbocycles. The number of benzene rings is 3. The first-order chi connectivity index (χ1) is 14.0. The molecule has 1 amide bonds. The predicted molar refractivity (Wildman–Crippen MR) is 106 cm³/mol. The number of ketones is 1. The smallest absolute Gasteiger partial charge is 0.300 e. The molecule has 1 aliphatic rings. The molecule has 3 aromatic carbocycles. The number of phenols is 1. The molecule has 29 heavy (non-hydrogen) atoms. The van der Waals surface area contributed by atoms with Crippen molar-refractivity contribution in [2.45, 2.75) is 6.04 Å². The van der Waals surface area contributed by atoms with E-state index in [2.05, 4.69) is 0 Å². The van der Waals surface area contributed by atoms with Gasteiger partial charge in [0.25, 0.3) is 11.7 Å². The van der Waals surface area contributed by atoms with Crippen LogP contribution in [0.15, 0.2) is 84.4 Å². The van der Waals surface area contributed by atoms with E-state index >= 15 is 0 Å². The van der Waals surface area contributed by atoms with Crippen LogP contribution >= 0.6 is 0 Å². The molecule has 4 rings (SSSR count). The molecule has 2 N–H and O–H groups in total.